The van der Waals surface area contributed by atoms with Gasteiger partial charge in [-0.25, -0.2) is 0 Å². The molecule has 1 aromatic carbocycles. The van der Waals surface area contributed by atoms with Crippen molar-refractivity contribution >= 4 is 16.8 Å². The van der Waals surface area contributed by atoms with Gasteiger partial charge in [0, 0.05) is 49.8 Å². The number of aromatic nitrogens is 1. The number of likely N-dealkylation sites (N-methyl/N-ethyl adjacent to an activating group) is 1. The second kappa shape index (κ2) is 6.81. The Morgan fingerprint density at radius 3 is 2.92 bits per heavy atom. The van der Waals surface area contributed by atoms with Crippen molar-refractivity contribution in [1.82, 2.24) is 20.3 Å². The minimum Gasteiger partial charge on any atom is -0.350 e. The lowest BCUT2D eigenvalue weighted by atomic mass is 9.81. The number of nitrogens with zero attached hydrogens (tertiary/aromatic N) is 2. The zero-order valence-corrected chi connectivity index (χ0v) is 15.2. The van der Waals surface area contributed by atoms with Crippen LogP contribution in [0.3, 0.4) is 0 Å². The molecule has 1 saturated heterocycles. The number of fused-ring (bicyclic) bond motifs is 2. The summed E-state index contributed by atoms with van der Waals surface area (Å²) in [6, 6.07) is 9.24. The highest BCUT2D eigenvalue weighted by Crippen LogP contribution is 2.30. The summed E-state index contributed by atoms with van der Waals surface area (Å²) in [5.74, 6) is 0.846. The first-order chi connectivity index (χ1) is 12.1. The fraction of sp³-hybridized carbons (Fsp3) is 0.550. The number of hydrazine groups is 1. The number of hydrogen-bond acceptors (Lipinski definition) is 3. The number of rotatable bonds is 4. The minimum absolute atomic E-state index is 0.192. The summed E-state index contributed by atoms with van der Waals surface area (Å²) in [6.45, 7) is 0.776. The van der Waals surface area contributed by atoms with E-state index >= 15 is 0 Å². The summed E-state index contributed by atoms with van der Waals surface area (Å²) < 4.78 is 2.10. The number of para-hydroxylation sites is 1. The fourth-order valence-corrected chi connectivity index (χ4v) is 4.58. The molecule has 2 N–H and O–H groups in total. The van der Waals surface area contributed by atoms with Crippen molar-refractivity contribution < 1.29 is 4.79 Å². The van der Waals surface area contributed by atoms with E-state index < -0.39 is 0 Å². The molecule has 0 bridgehead atoms. The van der Waals surface area contributed by atoms with Crippen LogP contribution in [0.1, 0.15) is 31.2 Å². The third-order valence-corrected chi connectivity index (χ3v) is 6.01. The molecule has 5 nitrogen and oxygen atoms in total. The van der Waals surface area contributed by atoms with E-state index in [1.165, 1.54) is 36.6 Å². The molecule has 25 heavy (non-hydrogen) atoms. The van der Waals surface area contributed by atoms with Crippen molar-refractivity contribution in [3.8, 4) is 0 Å². The zero-order valence-electron chi connectivity index (χ0n) is 15.2. The smallest absolute Gasteiger partial charge is 0.226 e. The van der Waals surface area contributed by atoms with Gasteiger partial charge in [-0.3, -0.25) is 15.6 Å². The zero-order chi connectivity index (χ0) is 17.4. The summed E-state index contributed by atoms with van der Waals surface area (Å²) in [7, 11) is 3.97. The van der Waals surface area contributed by atoms with E-state index in [4.69, 9.17) is 0 Å². The van der Waals surface area contributed by atoms with Crippen molar-refractivity contribution in [2.75, 3.05) is 13.6 Å². The Bertz CT molecular complexity index is 768. The maximum absolute atomic E-state index is 12.8. The Kier molecular flexibility index (Phi) is 4.52. The molecule has 134 valence electrons. The third kappa shape index (κ3) is 3.18. The molecule has 0 radical (unpaired) electrons. The molecule has 5 heteroatoms. The number of carbonyl (C=O) groups is 1. The first kappa shape index (κ1) is 16.6. The molecule has 1 saturated carbocycles. The Morgan fingerprint density at radius 2 is 2.04 bits per heavy atom. The molecule has 3 atom stereocenters. The van der Waals surface area contributed by atoms with Crippen LogP contribution < -0.4 is 10.9 Å². The van der Waals surface area contributed by atoms with E-state index in [0.717, 1.165) is 12.1 Å². The van der Waals surface area contributed by atoms with Crippen LogP contribution in [0, 0.1) is 5.92 Å². The van der Waals surface area contributed by atoms with Gasteiger partial charge in [-0.15, -0.1) is 0 Å². The van der Waals surface area contributed by atoms with Crippen LogP contribution in [0.15, 0.2) is 30.5 Å². The Morgan fingerprint density at radius 1 is 1.24 bits per heavy atom. The molecular formula is C20H28N4O. The van der Waals surface area contributed by atoms with E-state index in [1.807, 2.05) is 31.1 Å². The Hall–Kier alpha value is -1.85. The fourth-order valence-electron chi connectivity index (χ4n) is 4.58. The second-order valence-electron chi connectivity index (χ2n) is 7.68. The molecule has 1 aliphatic heterocycles. The van der Waals surface area contributed by atoms with Crippen molar-refractivity contribution in [2.45, 2.75) is 44.2 Å². The monoisotopic (exact) mass is 340 g/mol. The molecule has 1 amide bonds. The molecule has 1 aliphatic carbocycles. The van der Waals surface area contributed by atoms with Crippen molar-refractivity contribution in [3.05, 3.63) is 36.0 Å². The van der Waals surface area contributed by atoms with Gasteiger partial charge in [0.05, 0.1) is 6.42 Å². The van der Waals surface area contributed by atoms with Crippen LogP contribution in [0.2, 0.25) is 0 Å². The van der Waals surface area contributed by atoms with E-state index in [1.54, 1.807) is 0 Å². The highest BCUT2D eigenvalue weighted by molar-refractivity contribution is 5.89. The highest BCUT2D eigenvalue weighted by atomic mass is 16.2. The molecule has 2 fully saturated rings. The summed E-state index contributed by atoms with van der Waals surface area (Å²) in [4.78, 5) is 14.7. The lowest BCUT2D eigenvalue weighted by Gasteiger charge is -2.29. The van der Waals surface area contributed by atoms with Gasteiger partial charge < -0.3 is 9.47 Å². The van der Waals surface area contributed by atoms with E-state index in [0.29, 0.717) is 24.4 Å². The average molecular weight is 340 g/mol. The van der Waals surface area contributed by atoms with Gasteiger partial charge in [-0.05, 0) is 30.4 Å². The summed E-state index contributed by atoms with van der Waals surface area (Å²) in [6.07, 6.45) is 7.70. The number of aryl methyl sites for hydroxylation is 1. The van der Waals surface area contributed by atoms with Crippen molar-refractivity contribution in [1.29, 1.82) is 0 Å². The SMILES string of the molecule is CN(CC1NNC2CCCCC21)C(=O)Cc1cn(C)c2ccccc12. The summed E-state index contributed by atoms with van der Waals surface area (Å²) in [5, 5.41) is 1.18. The molecule has 2 aliphatic rings. The van der Waals surface area contributed by atoms with Gasteiger partial charge in [-0.1, -0.05) is 31.0 Å². The van der Waals surface area contributed by atoms with Crippen LogP contribution >= 0.6 is 0 Å². The average Bonchev–Trinajstić information content (AvgIpc) is 3.17. The predicted octanol–water partition coefficient (Wildman–Crippen LogP) is 2.21. The van der Waals surface area contributed by atoms with Crippen molar-refractivity contribution in [2.24, 2.45) is 13.0 Å². The molecule has 3 unspecified atom stereocenters. The first-order valence-corrected chi connectivity index (χ1v) is 9.41. The number of nitrogens with one attached hydrogen (secondary N) is 2. The third-order valence-electron chi connectivity index (χ3n) is 6.01. The van der Waals surface area contributed by atoms with E-state index in [2.05, 4.69) is 33.7 Å². The van der Waals surface area contributed by atoms with Crippen LogP contribution in [0.25, 0.3) is 10.9 Å². The molecular weight excluding hydrogens is 312 g/mol. The number of hydrogen-bond donors (Lipinski definition) is 2. The highest BCUT2D eigenvalue weighted by Gasteiger charge is 2.37. The van der Waals surface area contributed by atoms with E-state index in [-0.39, 0.29) is 5.91 Å². The van der Waals surface area contributed by atoms with Gasteiger partial charge >= 0.3 is 0 Å². The first-order valence-electron chi connectivity index (χ1n) is 9.41. The summed E-state index contributed by atoms with van der Waals surface area (Å²) >= 11 is 0. The number of amides is 1. The van der Waals surface area contributed by atoms with Gasteiger partial charge in [0.25, 0.3) is 0 Å². The quantitative estimate of drug-likeness (QED) is 0.897. The minimum atomic E-state index is 0.192. The lowest BCUT2D eigenvalue weighted by molar-refractivity contribution is -0.129. The van der Waals surface area contributed by atoms with E-state index in [9.17, 15) is 4.79 Å². The molecule has 4 rings (SSSR count). The second-order valence-corrected chi connectivity index (χ2v) is 7.68. The predicted molar refractivity (Wildman–Crippen MR) is 100 cm³/mol. The van der Waals surface area contributed by atoms with Gasteiger partial charge in [0.2, 0.25) is 5.91 Å². The molecule has 0 spiro atoms. The van der Waals surface area contributed by atoms with Crippen LogP contribution in [0.5, 0.6) is 0 Å². The lowest BCUT2D eigenvalue weighted by Crippen LogP contribution is -2.43. The van der Waals surface area contributed by atoms with Gasteiger partial charge in [0.15, 0.2) is 0 Å². The standard InChI is InChI=1S/C20H28N4O/c1-23-12-14(15-7-4-6-10-19(15)23)11-20(25)24(2)13-18-16-8-3-5-9-17(16)21-22-18/h4,6-7,10,12,16-18,21-22H,3,5,8-9,11,13H2,1-2H3. The molecule has 2 aromatic rings. The molecule has 2 heterocycles. The van der Waals surface area contributed by atoms with Gasteiger partial charge in [0.1, 0.15) is 0 Å². The largest absolute Gasteiger partial charge is 0.350 e. The van der Waals surface area contributed by atoms with Crippen LogP contribution in [-0.2, 0) is 18.3 Å². The van der Waals surface area contributed by atoms with Gasteiger partial charge in [-0.2, -0.15) is 0 Å². The summed E-state index contributed by atoms with van der Waals surface area (Å²) in [5.41, 5.74) is 9.17. The Labute approximate surface area is 149 Å². The van der Waals surface area contributed by atoms with Crippen LogP contribution in [0.4, 0.5) is 0 Å². The van der Waals surface area contributed by atoms with Crippen LogP contribution in [-0.4, -0.2) is 41.1 Å². The number of carbonyl (C=O) groups excluding carboxylic acids is 1. The topological polar surface area (TPSA) is 49.3 Å². The van der Waals surface area contributed by atoms with Crippen molar-refractivity contribution in [3.63, 3.8) is 0 Å². The Balaban J connectivity index is 1.42. The maximum Gasteiger partial charge on any atom is 0.226 e. The number of benzene rings is 1. The molecule has 1 aromatic heterocycles. The maximum atomic E-state index is 12.8. The normalized spacial score (nSPS) is 25.9.